The van der Waals surface area contributed by atoms with E-state index in [2.05, 4.69) is 14.7 Å². The Hall–Kier alpha value is -1.76. The molecule has 0 unspecified atom stereocenters. The normalized spacial score (nSPS) is 11.8. The Balaban J connectivity index is 2.47. The number of hydrogen-bond donors (Lipinski definition) is 1. The van der Waals surface area contributed by atoms with Gasteiger partial charge in [-0.1, -0.05) is 16.8 Å². The molecule has 0 spiro atoms. The number of phenols is 1. The van der Waals surface area contributed by atoms with Crippen LogP contribution in [0.5, 0.6) is 5.75 Å². The molecule has 0 amide bonds. The van der Waals surface area contributed by atoms with Gasteiger partial charge in [0.15, 0.2) is 0 Å². The molecule has 0 saturated carbocycles. The van der Waals surface area contributed by atoms with Gasteiger partial charge < -0.3 is 9.63 Å². The standard InChI is InChI=1S/C9H4ClF3N2O2/c10-6-2-1-4(16)3-5(6)7-14-8(15-17-7)9(11,12)13/h1-3,16H. The molecule has 8 heteroatoms. The summed E-state index contributed by atoms with van der Waals surface area (Å²) in [6, 6.07) is 3.73. The van der Waals surface area contributed by atoms with E-state index in [0.29, 0.717) is 0 Å². The van der Waals surface area contributed by atoms with Crippen molar-refractivity contribution in [2.45, 2.75) is 6.18 Å². The lowest BCUT2D eigenvalue weighted by Crippen LogP contribution is -2.07. The highest BCUT2D eigenvalue weighted by atomic mass is 35.5. The number of aromatic nitrogens is 2. The minimum Gasteiger partial charge on any atom is -0.508 e. The first-order chi connectivity index (χ1) is 7.88. The van der Waals surface area contributed by atoms with Crippen molar-refractivity contribution in [3.63, 3.8) is 0 Å². The molecule has 17 heavy (non-hydrogen) atoms. The van der Waals surface area contributed by atoms with Crippen LogP contribution in [0.3, 0.4) is 0 Å². The van der Waals surface area contributed by atoms with Gasteiger partial charge in [0.25, 0.3) is 11.7 Å². The third-order valence-corrected chi connectivity index (χ3v) is 2.19. The molecule has 4 nitrogen and oxygen atoms in total. The summed E-state index contributed by atoms with van der Waals surface area (Å²) < 4.78 is 41.1. The monoisotopic (exact) mass is 264 g/mol. The molecule has 90 valence electrons. The number of phenolic OH excluding ortho intramolecular Hbond substituents is 1. The van der Waals surface area contributed by atoms with Gasteiger partial charge >= 0.3 is 6.18 Å². The smallest absolute Gasteiger partial charge is 0.455 e. The van der Waals surface area contributed by atoms with Gasteiger partial charge in [-0.3, -0.25) is 0 Å². The van der Waals surface area contributed by atoms with Crippen LogP contribution >= 0.6 is 11.6 Å². The summed E-state index contributed by atoms with van der Waals surface area (Å²) in [7, 11) is 0. The molecule has 2 aromatic rings. The van der Waals surface area contributed by atoms with E-state index in [-0.39, 0.29) is 16.3 Å². The molecule has 1 N–H and O–H groups in total. The molecule has 1 aromatic heterocycles. The number of alkyl halides is 3. The van der Waals surface area contributed by atoms with Gasteiger partial charge in [-0.2, -0.15) is 18.2 Å². The van der Waals surface area contributed by atoms with Crippen LogP contribution in [0.4, 0.5) is 13.2 Å². The van der Waals surface area contributed by atoms with Crippen molar-refractivity contribution in [3.05, 3.63) is 29.0 Å². The minimum atomic E-state index is -4.69. The summed E-state index contributed by atoms with van der Waals surface area (Å²) in [5, 5.41) is 12.1. The van der Waals surface area contributed by atoms with Gasteiger partial charge in [0.2, 0.25) is 0 Å². The minimum absolute atomic E-state index is 0.0367. The first-order valence-corrected chi connectivity index (χ1v) is 4.65. The summed E-state index contributed by atoms with van der Waals surface area (Å²) in [5.74, 6) is -1.97. The highest BCUT2D eigenvalue weighted by Crippen LogP contribution is 2.33. The lowest BCUT2D eigenvalue weighted by Gasteiger charge is -1.99. The summed E-state index contributed by atoms with van der Waals surface area (Å²) in [6.07, 6.45) is -4.69. The average Bonchev–Trinajstić information content (AvgIpc) is 2.70. The fourth-order valence-electron chi connectivity index (χ4n) is 1.13. The van der Waals surface area contributed by atoms with Gasteiger partial charge in [-0.15, -0.1) is 0 Å². The molecule has 0 radical (unpaired) electrons. The van der Waals surface area contributed by atoms with Crippen LogP contribution < -0.4 is 0 Å². The van der Waals surface area contributed by atoms with E-state index in [1.54, 1.807) is 0 Å². The zero-order chi connectivity index (χ0) is 12.6. The van der Waals surface area contributed by atoms with E-state index in [9.17, 15) is 18.3 Å². The molecule has 2 rings (SSSR count). The number of benzene rings is 1. The topological polar surface area (TPSA) is 59.2 Å². The van der Waals surface area contributed by atoms with E-state index in [4.69, 9.17) is 11.6 Å². The Labute approximate surface area is 97.6 Å². The van der Waals surface area contributed by atoms with Gasteiger partial charge in [-0.25, -0.2) is 0 Å². The molecule has 1 aromatic carbocycles. The molecule has 0 atom stereocenters. The van der Waals surface area contributed by atoms with Crippen LogP contribution in [0.15, 0.2) is 22.7 Å². The predicted molar refractivity (Wildman–Crippen MR) is 51.4 cm³/mol. The van der Waals surface area contributed by atoms with Crippen molar-refractivity contribution in [2.24, 2.45) is 0 Å². The number of nitrogens with zero attached hydrogens (tertiary/aromatic N) is 2. The lowest BCUT2D eigenvalue weighted by atomic mass is 10.2. The van der Waals surface area contributed by atoms with Crippen molar-refractivity contribution < 1.29 is 22.8 Å². The van der Waals surface area contributed by atoms with E-state index >= 15 is 0 Å². The summed E-state index contributed by atoms with van der Waals surface area (Å²) >= 11 is 5.73. The van der Waals surface area contributed by atoms with Crippen molar-refractivity contribution in [1.82, 2.24) is 10.1 Å². The second kappa shape index (κ2) is 3.92. The van der Waals surface area contributed by atoms with Crippen LogP contribution in [-0.4, -0.2) is 15.2 Å². The van der Waals surface area contributed by atoms with Crippen LogP contribution in [0.2, 0.25) is 5.02 Å². The van der Waals surface area contributed by atoms with E-state index in [1.807, 2.05) is 0 Å². The van der Waals surface area contributed by atoms with Crippen molar-refractivity contribution in [3.8, 4) is 17.2 Å². The summed E-state index contributed by atoms with van der Waals surface area (Å²) in [5.41, 5.74) is 0.0367. The summed E-state index contributed by atoms with van der Waals surface area (Å²) in [4.78, 5) is 3.16. The Morgan fingerprint density at radius 3 is 2.59 bits per heavy atom. The third-order valence-electron chi connectivity index (χ3n) is 1.86. The zero-order valence-corrected chi connectivity index (χ0v) is 8.75. The average molecular weight is 265 g/mol. The highest BCUT2D eigenvalue weighted by molar-refractivity contribution is 6.33. The largest absolute Gasteiger partial charge is 0.508 e. The Morgan fingerprint density at radius 2 is 2.00 bits per heavy atom. The highest BCUT2D eigenvalue weighted by Gasteiger charge is 2.37. The van der Waals surface area contributed by atoms with Gasteiger partial charge in [-0.05, 0) is 18.2 Å². The molecular weight excluding hydrogens is 261 g/mol. The van der Waals surface area contributed by atoms with Gasteiger partial charge in [0.05, 0.1) is 10.6 Å². The maximum Gasteiger partial charge on any atom is 0.455 e. The summed E-state index contributed by atoms with van der Waals surface area (Å²) in [6.45, 7) is 0. The molecule has 0 aliphatic rings. The first kappa shape index (κ1) is 11.7. The Bertz CT molecular complexity index is 553. The molecule has 0 aliphatic carbocycles. The maximum atomic E-state index is 12.2. The Morgan fingerprint density at radius 1 is 1.29 bits per heavy atom. The molecule has 0 bridgehead atoms. The molecule has 1 heterocycles. The number of hydrogen-bond acceptors (Lipinski definition) is 4. The van der Waals surface area contributed by atoms with E-state index in [0.717, 1.165) is 6.07 Å². The van der Waals surface area contributed by atoms with Crippen molar-refractivity contribution in [1.29, 1.82) is 0 Å². The predicted octanol–water partition coefficient (Wildman–Crippen LogP) is 3.11. The number of halogens is 4. The maximum absolute atomic E-state index is 12.2. The van der Waals surface area contributed by atoms with E-state index in [1.165, 1.54) is 12.1 Å². The lowest BCUT2D eigenvalue weighted by molar-refractivity contribution is -0.146. The number of aromatic hydroxyl groups is 1. The fraction of sp³-hybridized carbons (Fsp3) is 0.111. The molecule has 0 aliphatic heterocycles. The molecule has 0 fully saturated rings. The van der Waals surface area contributed by atoms with Crippen LogP contribution in [-0.2, 0) is 6.18 Å². The molecule has 0 saturated heterocycles. The zero-order valence-electron chi connectivity index (χ0n) is 7.99. The second-order valence-corrected chi connectivity index (χ2v) is 3.49. The van der Waals surface area contributed by atoms with Crippen LogP contribution in [0, 0.1) is 0 Å². The quantitative estimate of drug-likeness (QED) is 0.860. The molecular formula is C9H4ClF3N2O2. The van der Waals surface area contributed by atoms with Crippen LogP contribution in [0.25, 0.3) is 11.5 Å². The van der Waals surface area contributed by atoms with Crippen molar-refractivity contribution in [2.75, 3.05) is 0 Å². The SMILES string of the molecule is Oc1ccc(Cl)c(-c2nc(C(F)(F)F)no2)c1. The third kappa shape index (κ3) is 2.33. The van der Waals surface area contributed by atoms with Crippen molar-refractivity contribution >= 4 is 11.6 Å². The second-order valence-electron chi connectivity index (χ2n) is 3.09. The Kier molecular flexibility index (Phi) is 2.70. The van der Waals surface area contributed by atoms with E-state index < -0.39 is 17.9 Å². The fourth-order valence-corrected chi connectivity index (χ4v) is 1.32. The van der Waals surface area contributed by atoms with Crippen LogP contribution in [0.1, 0.15) is 5.82 Å². The first-order valence-electron chi connectivity index (χ1n) is 4.28. The number of rotatable bonds is 1. The van der Waals surface area contributed by atoms with Gasteiger partial charge in [0.1, 0.15) is 5.75 Å². The van der Waals surface area contributed by atoms with Gasteiger partial charge in [0, 0.05) is 0 Å².